The van der Waals surface area contributed by atoms with Gasteiger partial charge in [-0.05, 0) is 25.0 Å². The Kier molecular flexibility index (Phi) is 4.73. The molecule has 4 heterocycles. The van der Waals surface area contributed by atoms with Crippen LogP contribution in [0.25, 0.3) is 5.65 Å². The first kappa shape index (κ1) is 21.1. The van der Waals surface area contributed by atoms with Crippen LogP contribution in [0.2, 0.25) is 0 Å². The third-order valence-corrected chi connectivity index (χ3v) is 6.15. The number of aromatic nitrogens is 4. The highest BCUT2D eigenvalue weighted by Crippen LogP contribution is 2.29. The van der Waals surface area contributed by atoms with Crippen LogP contribution in [0, 0.1) is 6.92 Å². The van der Waals surface area contributed by atoms with Crippen molar-refractivity contribution in [2.45, 2.75) is 58.7 Å². The van der Waals surface area contributed by atoms with E-state index in [2.05, 4.69) is 15.4 Å². The van der Waals surface area contributed by atoms with Crippen LogP contribution in [0.3, 0.4) is 0 Å². The number of rotatable bonds is 4. The third-order valence-electron chi connectivity index (χ3n) is 6.15. The molecule has 0 bridgehead atoms. The fourth-order valence-electron chi connectivity index (χ4n) is 4.14. The van der Waals surface area contributed by atoms with Crippen molar-refractivity contribution < 1.29 is 9.59 Å². The molecule has 33 heavy (non-hydrogen) atoms. The molecule has 0 spiro atoms. The zero-order valence-corrected chi connectivity index (χ0v) is 19.1. The Labute approximate surface area is 190 Å². The number of nitrogens with zero attached hydrogens (tertiary/aromatic N) is 5. The van der Waals surface area contributed by atoms with E-state index in [1.54, 1.807) is 27.8 Å². The Balaban J connectivity index is 1.61. The largest absolute Gasteiger partial charge is 0.326 e. The zero-order chi connectivity index (χ0) is 23.5. The molecule has 1 unspecified atom stereocenters. The summed E-state index contributed by atoms with van der Waals surface area (Å²) in [6.07, 6.45) is 6.39. The minimum atomic E-state index is -0.340. The summed E-state index contributed by atoms with van der Waals surface area (Å²) in [5.74, 6) is -0.151. The van der Waals surface area contributed by atoms with Crippen molar-refractivity contribution in [3.8, 4) is 0 Å². The van der Waals surface area contributed by atoms with Gasteiger partial charge in [-0.2, -0.15) is 9.61 Å². The molecule has 0 radical (unpaired) electrons. The quantitative estimate of drug-likeness (QED) is 0.620. The molecule has 2 amide bonds. The molecule has 0 saturated heterocycles. The number of nitrogens with one attached hydrogen (secondary N) is 1. The Morgan fingerprint density at radius 2 is 2.00 bits per heavy atom. The van der Waals surface area contributed by atoms with E-state index in [4.69, 9.17) is 0 Å². The van der Waals surface area contributed by atoms with Crippen LogP contribution in [-0.2, 0) is 23.3 Å². The predicted molar refractivity (Wildman–Crippen MR) is 123 cm³/mol. The Bertz CT molecular complexity index is 1370. The molecule has 1 N–H and O–H groups in total. The second kappa shape index (κ2) is 7.40. The lowest BCUT2D eigenvalue weighted by Gasteiger charge is -2.28. The maximum atomic E-state index is 13.4. The number of hydrogen-bond acceptors (Lipinski definition) is 5. The number of carbonyl (C=O) groups excluding carboxylic acids is 2. The second-order valence-corrected chi connectivity index (χ2v) is 9.70. The molecule has 1 aliphatic carbocycles. The monoisotopic (exact) mass is 446 g/mol. The van der Waals surface area contributed by atoms with Gasteiger partial charge in [-0.3, -0.25) is 14.4 Å². The van der Waals surface area contributed by atoms with Crippen LogP contribution in [0.15, 0.2) is 41.3 Å². The van der Waals surface area contributed by atoms with Crippen LogP contribution < -0.4 is 10.9 Å². The van der Waals surface area contributed by atoms with E-state index < -0.39 is 0 Å². The van der Waals surface area contributed by atoms with E-state index in [9.17, 15) is 14.4 Å². The van der Waals surface area contributed by atoms with Crippen LogP contribution in [0.4, 0.5) is 5.82 Å². The summed E-state index contributed by atoms with van der Waals surface area (Å²) >= 11 is 0. The fraction of sp³-hybridized carbons (Fsp3) is 0.375. The highest BCUT2D eigenvalue weighted by molar-refractivity contribution is 5.99. The molecule has 0 aromatic carbocycles. The predicted octanol–water partition coefficient (Wildman–Crippen LogP) is 2.42. The van der Waals surface area contributed by atoms with Gasteiger partial charge in [0.15, 0.2) is 0 Å². The fourth-order valence-corrected chi connectivity index (χ4v) is 4.14. The Hall–Kier alpha value is -3.75. The number of amides is 2. The van der Waals surface area contributed by atoms with E-state index in [-0.39, 0.29) is 47.6 Å². The molecule has 2 aliphatic rings. The van der Waals surface area contributed by atoms with Crippen molar-refractivity contribution in [3.63, 3.8) is 0 Å². The van der Waals surface area contributed by atoms with Crippen LogP contribution in [0.1, 0.15) is 54.5 Å². The molecule has 0 saturated carbocycles. The molecule has 3 aromatic rings. The van der Waals surface area contributed by atoms with Gasteiger partial charge in [0, 0.05) is 17.7 Å². The van der Waals surface area contributed by atoms with Gasteiger partial charge >= 0.3 is 0 Å². The number of aryl methyl sites for hydroxylation is 1. The summed E-state index contributed by atoms with van der Waals surface area (Å²) in [6.45, 7) is 8.00. The van der Waals surface area contributed by atoms with Crippen LogP contribution in [0.5, 0.6) is 0 Å². The lowest BCUT2D eigenvalue weighted by molar-refractivity contribution is -0.116. The first-order valence-corrected chi connectivity index (χ1v) is 11.0. The van der Waals surface area contributed by atoms with E-state index in [1.807, 2.05) is 45.9 Å². The van der Waals surface area contributed by atoms with E-state index >= 15 is 0 Å². The molecule has 0 fully saturated rings. The first-order chi connectivity index (χ1) is 15.6. The summed E-state index contributed by atoms with van der Waals surface area (Å²) in [5.41, 5.74) is 2.14. The van der Waals surface area contributed by atoms with Gasteiger partial charge in [0.1, 0.15) is 23.7 Å². The van der Waals surface area contributed by atoms with Crippen molar-refractivity contribution in [3.05, 3.63) is 69.4 Å². The smallest absolute Gasteiger partial charge is 0.280 e. The average molecular weight is 447 g/mol. The van der Waals surface area contributed by atoms with E-state index in [1.165, 1.54) is 4.52 Å². The highest BCUT2D eigenvalue weighted by atomic mass is 16.2. The van der Waals surface area contributed by atoms with Gasteiger partial charge in [0.2, 0.25) is 5.91 Å². The molecule has 170 valence electrons. The molecule has 9 heteroatoms. The third kappa shape index (κ3) is 3.53. The number of carbonyl (C=O) groups is 2. The minimum absolute atomic E-state index is 0.0270. The molecular weight excluding hydrogens is 420 g/mol. The van der Waals surface area contributed by atoms with Gasteiger partial charge in [-0.25, -0.2) is 4.98 Å². The molecule has 3 aromatic heterocycles. The van der Waals surface area contributed by atoms with Crippen molar-refractivity contribution in [2.75, 3.05) is 5.32 Å². The lowest BCUT2D eigenvalue weighted by atomic mass is 9.93. The maximum absolute atomic E-state index is 13.4. The summed E-state index contributed by atoms with van der Waals surface area (Å²) in [7, 11) is 0. The summed E-state index contributed by atoms with van der Waals surface area (Å²) in [6, 6.07) is 5.35. The Morgan fingerprint density at radius 3 is 2.61 bits per heavy atom. The summed E-state index contributed by atoms with van der Waals surface area (Å²) in [5, 5.41) is 7.33. The van der Waals surface area contributed by atoms with Crippen molar-refractivity contribution in [1.29, 1.82) is 0 Å². The second-order valence-electron chi connectivity index (χ2n) is 9.70. The van der Waals surface area contributed by atoms with Gasteiger partial charge in [-0.15, -0.1) is 0 Å². The molecule has 1 atom stereocenters. The minimum Gasteiger partial charge on any atom is -0.326 e. The number of pyridine rings is 1. The average Bonchev–Trinajstić information content (AvgIpc) is 3.29. The van der Waals surface area contributed by atoms with E-state index in [0.717, 1.165) is 12.0 Å². The van der Waals surface area contributed by atoms with Crippen molar-refractivity contribution in [1.82, 2.24) is 24.1 Å². The molecule has 9 nitrogen and oxygen atoms in total. The van der Waals surface area contributed by atoms with Gasteiger partial charge in [-0.1, -0.05) is 39.0 Å². The van der Waals surface area contributed by atoms with Crippen molar-refractivity contribution >= 4 is 23.3 Å². The van der Waals surface area contributed by atoms with Crippen LogP contribution in [-0.4, -0.2) is 41.9 Å². The lowest BCUT2D eigenvalue weighted by Crippen LogP contribution is -2.37. The first-order valence-electron chi connectivity index (χ1n) is 11.0. The number of hydrogen-bond donors (Lipinski definition) is 1. The van der Waals surface area contributed by atoms with Gasteiger partial charge < -0.3 is 14.8 Å². The number of fused-ring (bicyclic) bond motifs is 2. The van der Waals surface area contributed by atoms with Gasteiger partial charge in [0.25, 0.3) is 11.5 Å². The summed E-state index contributed by atoms with van der Waals surface area (Å²) < 4.78 is 2.94. The normalized spacial score (nSPS) is 17.4. The summed E-state index contributed by atoms with van der Waals surface area (Å²) in [4.78, 5) is 45.6. The Morgan fingerprint density at radius 1 is 1.24 bits per heavy atom. The van der Waals surface area contributed by atoms with Gasteiger partial charge in [0.05, 0.1) is 23.8 Å². The van der Waals surface area contributed by atoms with Crippen LogP contribution >= 0.6 is 0 Å². The topological polar surface area (TPSA) is 102 Å². The van der Waals surface area contributed by atoms with E-state index in [0.29, 0.717) is 22.7 Å². The number of anilines is 1. The van der Waals surface area contributed by atoms with Crippen molar-refractivity contribution in [2.24, 2.45) is 0 Å². The maximum Gasteiger partial charge on any atom is 0.280 e. The highest BCUT2D eigenvalue weighted by Gasteiger charge is 2.39. The standard InChI is InChI=1S/C24H26N6O3/c1-14-8-9-18(25-11-14)26-19(31)13-29-20-10-17(24(2,3)4)27-30(20)22(32)16-12-28(15-6-5-7-15)23(33)21(16)29/h5-6,8-11,15H,7,12-13H2,1-4H3,(H,25,26,31). The SMILES string of the molecule is Cc1ccc(NC(=O)Cn2c3c(c(=O)n4nc(C(C)(C)C)cc24)CN(C2C=CC2)C3=O)nc1. The zero-order valence-electron chi connectivity index (χ0n) is 19.1. The molecular formula is C24H26N6O3. The molecule has 5 rings (SSSR count). The molecule has 1 aliphatic heterocycles.